The minimum absolute atomic E-state index is 0. The number of ether oxygens (including phenoxy) is 1. The number of likely N-dealkylation sites (N-methyl/N-ethyl adjacent to an activating group) is 1. The van der Waals surface area contributed by atoms with Gasteiger partial charge in [-0.25, -0.2) is 4.79 Å². The minimum Gasteiger partial charge on any atom is -1.00 e. The fraction of sp³-hybridized carbons (Fsp3) is 0.444. The Bertz CT molecular complexity index is 821. The van der Waals surface area contributed by atoms with Gasteiger partial charge in [0.25, 0.3) is 0 Å². The molecule has 1 aromatic heterocycles. The zero-order chi connectivity index (χ0) is 18.9. The fourth-order valence-electron chi connectivity index (χ4n) is 3.17. The Morgan fingerprint density at radius 1 is 1.22 bits per heavy atom. The van der Waals surface area contributed by atoms with E-state index in [-0.39, 0.29) is 30.1 Å². The second-order valence-corrected chi connectivity index (χ2v) is 6.23. The number of halogens is 4. The Hall–Kier alpha value is -2.06. The number of benzene rings is 1. The summed E-state index contributed by atoms with van der Waals surface area (Å²) >= 11 is 0. The van der Waals surface area contributed by atoms with Crippen LogP contribution in [0, 0.1) is 0 Å². The van der Waals surface area contributed by atoms with Crippen LogP contribution in [0.4, 0.5) is 18.9 Å². The van der Waals surface area contributed by atoms with E-state index >= 15 is 0 Å². The summed E-state index contributed by atoms with van der Waals surface area (Å²) in [6.45, 7) is 4.60. The number of pyridine rings is 1. The van der Waals surface area contributed by atoms with Gasteiger partial charge in [0, 0.05) is 37.8 Å². The SMILES string of the molecule is CCOC(=O)c1cnc2c(C(F)(F)F)cccc2c1N1CCN(C)CC1.[Cl-]. The summed E-state index contributed by atoms with van der Waals surface area (Å²) < 4.78 is 45.2. The average Bonchev–Trinajstić information content (AvgIpc) is 2.60. The fourth-order valence-corrected chi connectivity index (χ4v) is 3.17. The van der Waals surface area contributed by atoms with Crippen LogP contribution >= 0.6 is 0 Å². The molecule has 148 valence electrons. The molecule has 0 bridgehead atoms. The molecule has 27 heavy (non-hydrogen) atoms. The van der Waals surface area contributed by atoms with E-state index in [1.54, 1.807) is 13.0 Å². The van der Waals surface area contributed by atoms with E-state index < -0.39 is 17.7 Å². The number of piperazine rings is 1. The maximum absolute atomic E-state index is 13.4. The van der Waals surface area contributed by atoms with Gasteiger partial charge in [-0.05, 0) is 20.0 Å². The molecule has 0 amide bonds. The molecule has 1 aliphatic heterocycles. The predicted octanol–water partition coefficient (Wildman–Crippen LogP) is 0.186. The van der Waals surface area contributed by atoms with Gasteiger partial charge in [-0.15, -0.1) is 0 Å². The van der Waals surface area contributed by atoms with Crippen molar-refractivity contribution in [1.82, 2.24) is 9.88 Å². The van der Waals surface area contributed by atoms with E-state index in [1.807, 2.05) is 11.9 Å². The smallest absolute Gasteiger partial charge is 0.418 e. The van der Waals surface area contributed by atoms with E-state index in [1.165, 1.54) is 12.3 Å². The van der Waals surface area contributed by atoms with Crippen molar-refractivity contribution >= 4 is 22.6 Å². The Morgan fingerprint density at radius 3 is 2.48 bits per heavy atom. The molecular formula is C18H20ClF3N3O2-. The van der Waals surface area contributed by atoms with Gasteiger partial charge in [0.15, 0.2) is 0 Å². The van der Waals surface area contributed by atoms with Gasteiger partial charge < -0.3 is 26.9 Å². The normalized spacial score (nSPS) is 15.5. The number of carbonyl (C=O) groups is 1. The molecule has 1 aromatic carbocycles. The van der Waals surface area contributed by atoms with Crippen LogP contribution in [-0.4, -0.2) is 55.7 Å². The molecule has 1 fully saturated rings. The Balaban J connectivity index is 0.00000261. The van der Waals surface area contributed by atoms with Gasteiger partial charge in [0.05, 0.1) is 23.4 Å². The molecule has 1 saturated heterocycles. The number of alkyl halides is 3. The maximum Gasteiger partial charge on any atom is 0.418 e. The number of hydrogen-bond acceptors (Lipinski definition) is 5. The molecule has 2 heterocycles. The van der Waals surface area contributed by atoms with Crippen LogP contribution in [-0.2, 0) is 10.9 Å². The maximum atomic E-state index is 13.4. The number of carbonyl (C=O) groups excluding carboxylic acids is 1. The highest BCUT2D eigenvalue weighted by atomic mass is 35.5. The van der Waals surface area contributed by atoms with Gasteiger partial charge in [-0.2, -0.15) is 13.2 Å². The quantitative estimate of drug-likeness (QED) is 0.686. The van der Waals surface area contributed by atoms with Crippen LogP contribution in [0.25, 0.3) is 10.9 Å². The van der Waals surface area contributed by atoms with Crippen LogP contribution in [0.2, 0.25) is 0 Å². The molecule has 1 aliphatic rings. The summed E-state index contributed by atoms with van der Waals surface area (Å²) in [6.07, 6.45) is -3.32. The number of aromatic nitrogens is 1. The van der Waals surface area contributed by atoms with Gasteiger partial charge in [0.1, 0.15) is 5.56 Å². The first-order valence-electron chi connectivity index (χ1n) is 8.42. The number of anilines is 1. The van der Waals surface area contributed by atoms with E-state index in [4.69, 9.17) is 4.74 Å². The number of para-hydroxylation sites is 1. The lowest BCUT2D eigenvalue weighted by Crippen LogP contribution is -3.00. The first-order valence-corrected chi connectivity index (χ1v) is 8.42. The Kier molecular flexibility index (Phi) is 6.54. The van der Waals surface area contributed by atoms with E-state index in [0.29, 0.717) is 24.2 Å². The van der Waals surface area contributed by atoms with Crippen molar-refractivity contribution in [3.63, 3.8) is 0 Å². The summed E-state index contributed by atoms with van der Waals surface area (Å²) in [6, 6.07) is 3.93. The molecule has 0 unspecified atom stereocenters. The summed E-state index contributed by atoms with van der Waals surface area (Å²) in [4.78, 5) is 20.4. The van der Waals surface area contributed by atoms with Crippen molar-refractivity contribution < 1.29 is 35.1 Å². The van der Waals surface area contributed by atoms with E-state index in [2.05, 4.69) is 9.88 Å². The van der Waals surface area contributed by atoms with Crippen molar-refractivity contribution in [2.24, 2.45) is 0 Å². The first-order chi connectivity index (χ1) is 12.3. The van der Waals surface area contributed by atoms with Crippen molar-refractivity contribution in [3.05, 3.63) is 35.5 Å². The van der Waals surface area contributed by atoms with Crippen molar-refractivity contribution in [3.8, 4) is 0 Å². The molecule has 2 aromatic rings. The van der Waals surface area contributed by atoms with Gasteiger partial charge >= 0.3 is 12.1 Å². The lowest BCUT2D eigenvalue weighted by Gasteiger charge is -2.35. The third kappa shape index (κ3) is 4.27. The number of hydrogen-bond donors (Lipinski definition) is 0. The monoisotopic (exact) mass is 402 g/mol. The molecule has 0 N–H and O–H groups in total. The number of esters is 1. The topological polar surface area (TPSA) is 45.7 Å². The van der Waals surface area contributed by atoms with Crippen molar-refractivity contribution in [2.45, 2.75) is 13.1 Å². The highest BCUT2D eigenvalue weighted by molar-refractivity contribution is 6.06. The lowest BCUT2D eigenvalue weighted by atomic mass is 10.0. The average molecular weight is 403 g/mol. The van der Waals surface area contributed by atoms with Crippen molar-refractivity contribution in [1.29, 1.82) is 0 Å². The standard InChI is InChI=1S/C18H20F3N3O2.ClH/c1-3-26-17(25)13-11-22-15-12(5-4-6-14(15)18(19,20)21)16(13)24-9-7-23(2)8-10-24;/h4-6,11H,3,7-10H2,1-2H3;1H/p-1. The summed E-state index contributed by atoms with van der Waals surface area (Å²) in [7, 11) is 1.98. The van der Waals surface area contributed by atoms with Crippen LogP contribution < -0.4 is 17.3 Å². The molecule has 0 spiro atoms. The molecule has 5 nitrogen and oxygen atoms in total. The molecule has 3 rings (SSSR count). The van der Waals surface area contributed by atoms with Gasteiger partial charge in [-0.1, -0.05) is 12.1 Å². The molecule has 0 saturated carbocycles. The van der Waals surface area contributed by atoms with Crippen molar-refractivity contribution in [2.75, 3.05) is 44.7 Å². The summed E-state index contributed by atoms with van der Waals surface area (Å²) in [5, 5.41) is 0.315. The minimum atomic E-state index is -4.52. The molecule has 0 atom stereocenters. The zero-order valence-corrected chi connectivity index (χ0v) is 15.8. The third-order valence-corrected chi connectivity index (χ3v) is 4.49. The van der Waals surface area contributed by atoms with E-state index in [0.717, 1.165) is 19.2 Å². The van der Waals surface area contributed by atoms with Crippen LogP contribution in [0.15, 0.2) is 24.4 Å². The predicted molar refractivity (Wildman–Crippen MR) is 92.4 cm³/mol. The second-order valence-electron chi connectivity index (χ2n) is 6.23. The number of rotatable bonds is 3. The number of nitrogens with zero attached hydrogens (tertiary/aromatic N) is 3. The molecule has 0 radical (unpaired) electrons. The molecular weight excluding hydrogens is 383 g/mol. The lowest BCUT2D eigenvalue weighted by molar-refractivity contribution is -0.136. The first kappa shape index (κ1) is 21.2. The highest BCUT2D eigenvalue weighted by Gasteiger charge is 2.34. The Labute approximate surface area is 161 Å². The van der Waals surface area contributed by atoms with Crippen LogP contribution in [0.5, 0.6) is 0 Å². The van der Waals surface area contributed by atoms with Crippen LogP contribution in [0.1, 0.15) is 22.8 Å². The van der Waals surface area contributed by atoms with Gasteiger partial charge in [0.2, 0.25) is 0 Å². The Morgan fingerprint density at radius 2 is 1.89 bits per heavy atom. The molecule has 9 heteroatoms. The van der Waals surface area contributed by atoms with E-state index in [9.17, 15) is 18.0 Å². The third-order valence-electron chi connectivity index (χ3n) is 4.49. The zero-order valence-electron chi connectivity index (χ0n) is 15.0. The summed E-state index contributed by atoms with van der Waals surface area (Å²) in [5.41, 5.74) is -0.293. The molecule has 0 aliphatic carbocycles. The van der Waals surface area contributed by atoms with Crippen LogP contribution in [0.3, 0.4) is 0 Å². The highest BCUT2D eigenvalue weighted by Crippen LogP contribution is 2.38. The largest absolute Gasteiger partial charge is 1.00 e. The second kappa shape index (κ2) is 8.31. The van der Waals surface area contributed by atoms with Gasteiger partial charge in [-0.3, -0.25) is 4.98 Å². The number of fused-ring (bicyclic) bond motifs is 1. The summed E-state index contributed by atoms with van der Waals surface area (Å²) in [5.74, 6) is -0.576.